The number of carbonyl (C=O) groups excluding carboxylic acids is 1. The lowest BCUT2D eigenvalue weighted by molar-refractivity contribution is 0.0952. The van der Waals surface area contributed by atoms with Gasteiger partial charge in [-0.2, -0.15) is 0 Å². The van der Waals surface area contributed by atoms with Crippen molar-refractivity contribution in [3.8, 4) is 0 Å². The van der Waals surface area contributed by atoms with Crippen LogP contribution in [0, 0.1) is 5.92 Å². The molecule has 0 atom stereocenters. The van der Waals surface area contributed by atoms with Crippen molar-refractivity contribution in [3.05, 3.63) is 20.8 Å². The molecule has 0 aromatic carbocycles. The van der Waals surface area contributed by atoms with Crippen molar-refractivity contribution < 1.29 is 4.79 Å². The molecular weight excluding hydrogens is 250 g/mol. The highest BCUT2D eigenvalue weighted by Gasteiger charge is 2.10. The summed E-state index contributed by atoms with van der Waals surface area (Å²) in [7, 11) is 0. The first kappa shape index (κ1) is 10.7. The second-order valence-electron chi connectivity index (χ2n) is 3.20. The van der Waals surface area contributed by atoms with Gasteiger partial charge in [-0.25, -0.2) is 0 Å². The van der Waals surface area contributed by atoms with Gasteiger partial charge in [0.1, 0.15) is 4.88 Å². The second kappa shape index (κ2) is 4.77. The summed E-state index contributed by atoms with van der Waals surface area (Å²) in [6.07, 6.45) is 0. The lowest BCUT2D eigenvalue weighted by Gasteiger charge is -2.06. The fraction of sp³-hybridized carbons (Fsp3) is 0.444. The maximum Gasteiger partial charge on any atom is 0.262 e. The Kier molecular flexibility index (Phi) is 3.93. The number of thiophene rings is 1. The van der Waals surface area contributed by atoms with Crippen LogP contribution in [0.5, 0.6) is 0 Å². The molecule has 0 aliphatic rings. The summed E-state index contributed by atoms with van der Waals surface area (Å²) in [5.41, 5.74) is 0. The Bertz CT molecular complexity index is 296. The zero-order valence-corrected chi connectivity index (χ0v) is 10.0. The summed E-state index contributed by atoms with van der Waals surface area (Å²) in [4.78, 5) is 12.3. The molecule has 72 valence electrons. The Labute approximate surface area is 90.5 Å². The standard InChI is InChI=1S/C9H12BrNOS/c1-6(2)5-11-9(12)8-7(10)3-4-13-8/h3-4,6H,5H2,1-2H3,(H,11,12). The fourth-order valence-corrected chi connectivity index (χ4v) is 2.30. The lowest BCUT2D eigenvalue weighted by Crippen LogP contribution is -2.26. The predicted octanol–water partition coefficient (Wildman–Crippen LogP) is 2.90. The normalized spacial score (nSPS) is 10.5. The summed E-state index contributed by atoms with van der Waals surface area (Å²) in [5, 5.41) is 4.76. The molecule has 2 nitrogen and oxygen atoms in total. The maximum atomic E-state index is 11.5. The zero-order valence-electron chi connectivity index (χ0n) is 7.63. The van der Waals surface area contributed by atoms with Crippen LogP contribution in [0.2, 0.25) is 0 Å². The Morgan fingerprint density at radius 2 is 2.38 bits per heavy atom. The smallest absolute Gasteiger partial charge is 0.262 e. The van der Waals surface area contributed by atoms with Crippen molar-refractivity contribution in [1.29, 1.82) is 0 Å². The average Bonchev–Trinajstić information content (AvgIpc) is 2.47. The molecule has 1 aromatic heterocycles. The van der Waals surface area contributed by atoms with Crippen LogP contribution >= 0.6 is 27.3 Å². The van der Waals surface area contributed by atoms with E-state index in [-0.39, 0.29) is 5.91 Å². The van der Waals surface area contributed by atoms with Crippen LogP contribution < -0.4 is 5.32 Å². The maximum absolute atomic E-state index is 11.5. The van der Waals surface area contributed by atoms with Gasteiger partial charge in [0, 0.05) is 11.0 Å². The number of hydrogen-bond donors (Lipinski definition) is 1. The Morgan fingerprint density at radius 3 is 2.85 bits per heavy atom. The minimum absolute atomic E-state index is 0.00979. The van der Waals surface area contributed by atoms with E-state index in [4.69, 9.17) is 0 Å². The van der Waals surface area contributed by atoms with E-state index >= 15 is 0 Å². The molecule has 1 amide bonds. The third-order valence-electron chi connectivity index (χ3n) is 1.49. The summed E-state index contributed by atoms with van der Waals surface area (Å²) in [6, 6.07) is 1.88. The molecule has 0 bridgehead atoms. The highest BCUT2D eigenvalue weighted by atomic mass is 79.9. The van der Waals surface area contributed by atoms with Gasteiger partial charge >= 0.3 is 0 Å². The third-order valence-corrected chi connectivity index (χ3v) is 3.33. The van der Waals surface area contributed by atoms with Gasteiger partial charge in [-0.3, -0.25) is 4.79 Å². The van der Waals surface area contributed by atoms with Crippen molar-refractivity contribution in [2.45, 2.75) is 13.8 Å². The largest absolute Gasteiger partial charge is 0.351 e. The average molecular weight is 262 g/mol. The van der Waals surface area contributed by atoms with Crippen LogP contribution in [0.1, 0.15) is 23.5 Å². The van der Waals surface area contributed by atoms with E-state index in [1.165, 1.54) is 11.3 Å². The van der Waals surface area contributed by atoms with Gasteiger partial charge in [-0.1, -0.05) is 13.8 Å². The Morgan fingerprint density at radius 1 is 1.69 bits per heavy atom. The van der Waals surface area contributed by atoms with Gasteiger partial charge in [0.25, 0.3) is 5.91 Å². The SMILES string of the molecule is CC(C)CNC(=O)c1sccc1Br. The van der Waals surface area contributed by atoms with E-state index in [1.807, 2.05) is 11.4 Å². The molecular formula is C9H12BrNOS. The van der Waals surface area contributed by atoms with E-state index in [1.54, 1.807) is 0 Å². The number of amides is 1. The molecule has 4 heteroatoms. The van der Waals surface area contributed by atoms with Crippen LogP contribution in [-0.4, -0.2) is 12.5 Å². The molecule has 1 rings (SSSR count). The Hall–Kier alpha value is -0.350. The summed E-state index contributed by atoms with van der Waals surface area (Å²) >= 11 is 4.77. The van der Waals surface area contributed by atoms with Gasteiger partial charge < -0.3 is 5.32 Å². The molecule has 0 unspecified atom stereocenters. The van der Waals surface area contributed by atoms with Gasteiger partial charge in [-0.05, 0) is 33.3 Å². The molecule has 0 fully saturated rings. The van der Waals surface area contributed by atoms with E-state index in [0.29, 0.717) is 5.92 Å². The number of halogens is 1. The molecule has 0 radical (unpaired) electrons. The minimum Gasteiger partial charge on any atom is -0.351 e. The first-order valence-corrected chi connectivity index (χ1v) is 5.79. The first-order valence-electron chi connectivity index (χ1n) is 4.12. The number of rotatable bonds is 3. The minimum atomic E-state index is 0.00979. The molecule has 1 heterocycles. The van der Waals surface area contributed by atoms with Crippen molar-refractivity contribution in [3.63, 3.8) is 0 Å². The quantitative estimate of drug-likeness (QED) is 0.891. The van der Waals surface area contributed by atoms with Crippen molar-refractivity contribution in [2.24, 2.45) is 5.92 Å². The summed E-state index contributed by atoms with van der Waals surface area (Å²) in [5.74, 6) is 0.498. The molecule has 0 saturated carbocycles. The topological polar surface area (TPSA) is 29.1 Å². The molecule has 0 saturated heterocycles. The molecule has 0 spiro atoms. The van der Waals surface area contributed by atoms with E-state index in [0.717, 1.165) is 15.9 Å². The summed E-state index contributed by atoms with van der Waals surface area (Å²) in [6.45, 7) is 4.87. The molecule has 0 aliphatic carbocycles. The van der Waals surface area contributed by atoms with Crippen LogP contribution in [0.25, 0.3) is 0 Å². The predicted molar refractivity (Wildman–Crippen MR) is 59.2 cm³/mol. The third kappa shape index (κ3) is 3.12. The number of nitrogens with one attached hydrogen (secondary N) is 1. The second-order valence-corrected chi connectivity index (χ2v) is 4.97. The fourth-order valence-electron chi connectivity index (χ4n) is 0.833. The molecule has 1 N–H and O–H groups in total. The van der Waals surface area contributed by atoms with Crippen molar-refractivity contribution in [2.75, 3.05) is 6.54 Å². The monoisotopic (exact) mass is 261 g/mol. The lowest BCUT2D eigenvalue weighted by atomic mass is 10.2. The van der Waals surface area contributed by atoms with Crippen LogP contribution in [0.4, 0.5) is 0 Å². The highest BCUT2D eigenvalue weighted by molar-refractivity contribution is 9.10. The van der Waals surface area contributed by atoms with Crippen LogP contribution in [0.15, 0.2) is 15.9 Å². The van der Waals surface area contributed by atoms with Crippen LogP contribution in [-0.2, 0) is 0 Å². The summed E-state index contributed by atoms with van der Waals surface area (Å²) < 4.78 is 0.874. The van der Waals surface area contributed by atoms with Crippen molar-refractivity contribution >= 4 is 33.2 Å². The van der Waals surface area contributed by atoms with E-state index in [9.17, 15) is 4.79 Å². The van der Waals surface area contributed by atoms with Crippen LogP contribution in [0.3, 0.4) is 0 Å². The van der Waals surface area contributed by atoms with Gasteiger partial charge in [0.15, 0.2) is 0 Å². The van der Waals surface area contributed by atoms with Crippen molar-refractivity contribution in [1.82, 2.24) is 5.32 Å². The van der Waals surface area contributed by atoms with E-state index in [2.05, 4.69) is 35.1 Å². The van der Waals surface area contributed by atoms with Gasteiger partial charge in [0.05, 0.1) is 0 Å². The van der Waals surface area contributed by atoms with E-state index < -0.39 is 0 Å². The Balaban J connectivity index is 2.54. The first-order chi connectivity index (χ1) is 6.11. The van der Waals surface area contributed by atoms with Gasteiger partial charge in [-0.15, -0.1) is 11.3 Å². The molecule has 0 aliphatic heterocycles. The highest BCUT2D eigenvalue weighted by Crippen LogP contribution is 2.22. The number of hydrogen-bond acceptors (Lipinski definition) is 2. The molecule has 1 aromatic rings. The zero-order chi connectivity index (χ0) is 9.84. The number of carbonyl (C=O) groups is 1. The molecule has 13 heavy (non-hydrogen) atoms. The van der Waals surface area contributed by atoms with Gasteiger partial charge in [0.2, 0.25) is 0 Å².